The first-order valence-corrected chi connectivity index (χ1v) is 5.52. The number of halogens is 1. The van der Waals surface area contributed by atoms with E-state index in [0.717, 1.165) is 10.9 Å². The van der Waals surface area contributed by atoms with Crippen LogP contribution in [0.25, 0.3) is 0 Å². The maximum Gasteiger partial charge on any atom is 0.0720 e. The van der Waals surface area contributed by atoms with Gasteiger partial charge in [-0.3, -0.25) is 0 Å². The maximum atomic E-state index is 3.43. The lowest BCUT2D eigenvalue weighted by Gasteiger charge is -2.09. The van der Waals surface area contributed by atoms with Crippen LogP contribution in [0.3, 0.4) is 0 Å². The number of benzene rings is 1. The monoisotopic (exact) mass is 255 g/mol. The van der Waals surface area contributed by atoms with Gasteiger partial charge < -0.3 is 5.32 Å². The van der Waals surface area contributed by atoms with Crippen LogP contribution in [-0.4, -0.2) is 13.2 Å². The summed E-state index contributed by atoms with van der Waals surface area (Å²) in [5.41, 5.74) is 7.78. The fourth-order valence-corrected chi connectivity index (χ4v) is 1.92. The van der Waals surface area contributed by atoms with Crippen LogP contribution in [0.2, 0.25) is 0 Å². The van der Waals surface area contributed by atoms with Crippen LogP contribution in [0.15, 0.2) is 28.7 Å². The highest BCUT2D eigenvalue weighted by molar-refractivity contribution is 9.10. The first kappa shape index (κ1) is 10.1. The summed E-state index contributed by atoms with van der Waals surface area (Å²) in [5.74, 6) is 0. The molecule has 3 N–H and O–H groups in total. The Labute approximate surface area is 92.4 Å². The van der Waals surface area contributed by atoms with Crippen LogP contribution in [0, 0.1) is 0 Å². The van der Waals surface area contributed by atoms with Crippen molar-refractivity contribution in [1.29, 1.82) is 0 Å². The molecule has 2 unspecified atom stereocenters. The third kappa shape index (κ3) is 2.15. The Balaban J connectivity index is 2.06. The molecule has 2 rings (SSSR count). The van der Waals surface area contributed by atoms with Gasteiger partial charge in [-0.1, -0.05) is 28.1 Å². The predicted molar refractivity (Wildman–Crippen MR) is 60.6 cm³/mol. The van der Waals surface area contributed by atoms with Crippen LogP contribution in [0.4, 0.5) is 0 Å². The van der Waals surface area contributed by atoms with Crippen LogP contribution >= 0.6 is 15.9 Å². The molecule has 1 aromatic carbocycles. The Bertz CT molecular complexity index is 299. The van der Waals surface area contributed by atoms with Crippen LogP contribution in [-0.2, 0) is 0 Å². The van der Waals surface area contributed by atoms with Gasteiger partial charge in [0.25, 0.3) is 0 Å². The Morgan fingerprint density at radius 1 is 1.29 bits per heavy atom. The Morgan fingerprint density at radius 2 is 2.00 bits per heavy atom. The van der Waals surface area contributed by atoms with Crippen molar-refractivity contribution in [3.63, 3.8) is 0 Å². The quantitative estimate of drug-likeness (QED) is 0.751. The lowest BCUT2D eigenvalue weighted by molar-refractivity contribution is 0.494. The molecule has 2 atom stereocenters. The highest BCUT2D eigenvalue weighted by Gasteiger charge is 2.23. The topological polar surface area (TPSA) is 36.1 Å². The first-order chi connectivity index (χ1) is 6.79. The molecule has 0 radical (unpaired) electrons. The van der Waals surface area contributed by atoms with E-state index in [4.69, 9.17) is 0 Å². The molecule has 0 saturated carbocycles. The minimum Gasteiger partial charge on any atom is -0.304 e. The van der Waals surface area contributed by atoms with Gasteiger partial charge in [-0.15, -0.1) is 0 Å². The SMILES string of the molecule is CNC1CC(c2ccc(Br)cc2)NN1. The second-order valence-electron chi connectivity index (χ2n) is 3.47. The normalized spacial score (nSPS) is 26.7. The Hall–Kier alpha value is -0.420. The molecule has 0 bridgehead atoms. The van der Waals surface area contributed by atoms with E-state index >= 15 is 0 Å². The van der Waals surface area contributed by atoms with Gasteiger partial charge in [-0.2, -0.15) is 0 Å². The molecule has 1 aromatic rings. The van der Waals surface area contributed by atoms with Crippen LogP contribution < -0.4 is 16.2 Å². The van der Waals surface area contributed by atoms with Gasteiger partial charge in [0.1, 0.15) is 0 Å². The zero-order valence-corrected chi connectivity index (χ0v) is 9.64. The number of hydrazine groups is 1. The lowest BCUT2D eigenvalue weighted by Crippen LogP contribution is -2.38. The Kier molecular flexibility index (Phi) is 3.18. The highest BCUT2D eigenvalue weighted by Crippen LogP contribution is 2.22. The van der Waals surface area contributed by atoms with Crippen molar-refractivity contribution in [1.82, 2.24) is 16.2 Å². The van der Waals surface area contributed by atoms with Crippen molar-refractivity contribution in [2.24, 2.45) is 0 Å². The van der Waals surface area contributed by atoms with E-state index in [0.29, 0.717) is 12.2 Å². The van der Waals surface area contributed by atoms with Crippen molar-refractivity contribution in [2.45, 2.75) is 18.6 Å². The fraction of sp³-hybridized carbons (Fsp3) is 0.400. The second kappa shape index (κ2) is 4.40. The van der Waals surface area contributed by atoms with Gasteiger partial charge in [-0.05, 0) is 31.2 Å². The smallest absolute Gasteiger partial charge is 0.0720 e. The van der Waals surface area contributed by atoms with Gasteiger partial charge in [0.15, 0.2) is 0 Å². The summed E-state index contributed by atoms with van der Waals surface area (Å²) >= 11 is 3.43. The largest absolute Gasteiger partial charge is 0.304 e. The summed E-state index contributed by atoms with van der Waals surface area (Å²) in [7, 11) is 1.96. The molecule has 0 aromatic heterocycles. The number of nitrogens with one attached hydrogen (secondary N) is 3. The molecule has 0 aliphatic carbocycles. The molecule has 1 aliphatic rings. The average molecular weight is 256 g/mol. The van der Waals surface area contributed by atoms with E-state index in [-0.39, 0.29) is 0 Å². The van der Waals surface area contributed by atoms with Gasteiger partial charge in [0.2, 0.25) is 0 Å². The van der Waals surface area contributed by atoms with Crippen molar-refractivity contribution >= 4 is 15.9 Å². The van der Waals surface area contributed by atoms with E-state index in [1.807, 2.05) is 7.05 Å². The highest BCUT2D eigenvalue weighted by atomic mass is 79.9. The van der Waals surface area contributed by atoms with Crippen molar-refractivity contribution in [2.75, 3.05) is 7.05 Å². The molecule has 76 valence electrons. The number of hydrogen-bond acceptors (Lipinski definition) is 3. The van der Waals surface area contributed by atoms with E-state index < -0.39 is 0 Å². The molecule has 0 spiro atoms. The molecule has 1 aliphatic heterocycles. The van der Waals surface area contributed by atoms with Gasteiger partial charge >= 0.3 is 0 Å². The minimum atomic E-state index is 0.364. The van der Waals surface area contributed by atoms with Crippen molar-refractivity contribution < 1.29 is 0 Å². The summed E-state index contributed by atoms with van der Waals surface area (Å²) in [5, 5.41) is 3.19. The Morgan fingerprint density at radius 3 is 2.57 bits per heavy atom. The van der Waals surface area contributed by atoms with Crippen LogP contribution in [0.5, 0.6) is 0 Å². The zero-order chi connectivity index (χ0) is 9.97. The number of hydrogen-bond donors (Lipinski definition) is 3. The van der Waals surface area contributed by atoms with E-state index in [9.17, 15) is 0 Å². The van der Waals surface area contributed by atoms with Gasteiger partial charge in [-0.25, -0.2) is 10.9 Å². The molecule has 0 amide bonds. The first-order valence-electron chi connectivity index (χ1n) is 4.73. The van der Waals surface area contributed by atoms with E-state index in [2.05, 4.69) is 56.4 Å². The lowest BCUT2D eigenvalue weighted by atomic mass is 10.0. The summed E-state index contributed by atoms with van der Waals surface area (Å²) in [6.07, 6.45) is 1.43. The summed E-state index contributed by atoms with van der Waals surface area (Å²) in [6, 6.07) is 8.83. The third-order valence-electron chi connectivity index (χ3n) is 2.52. The average Bonchev–Trinajstić information content (AvgIpc) is 2.67. The summed E-state index contributed by atoms with van der Waals surface area (Å²) in [4.78, 5) is 0. The molecule has 1 saturated heterocycles. The van der Waals surface area contributed by atoms with Crippen LogP contribution in [0.1, 0.15) is 18.0 Å². The van der Waals surface area contributed by atoms with Crippen molar-refractivity contribution in [3.8, 4) is 0 Å². The van der Waals surface area contributed by atoms with Gasteiger partial charge in [0.05, 0.1) is 6.17 Å². The maximum absolute atomic E-state index is 3.43. The molecule has 1 heterocycles. The van der Waals surface area contributed by atoms with E-state index in [1.54, 1.807) is 0 Å². The standard InChI is InChI=1S/C10H14BrN3/c1-12-10-6-9(13-14-10)7-2-4-8(11)5-3-7/h2-5,9-10,12-14H,6H2,1H3. The molecule has 1 fully saturated rings. The molecule has 14 heavy (non-hydrogen) atoms. The molecule has 4 heteroatoms. The third-order valence-corrected chi connectivity index (χ3v) is 3.05. The number of rotatable bonds is 2. The zero-order valence-electron chi connectivity index (χ0n) is 8.05. The van der Waals surface area contributed by atoms with Gasteiger partial charge in [0, 0.05) is 10.5 Å². The summed E-state index contributed by atoms with van der Waals surface area (Å²) in [6.45, 7) is 0. The minimum absolute atomic E-state index is 0.364. The molecular weight excluding hydrogens is 242 g/mol. The van der Waals surface area contributed by atoms with Crippen molar-refractivity contribution in [3.05, 3.63) is 34.3 Å². The van der Waals surface area contributed by atoms with E-state index in [1.165, 1.54) is 5.56 Å². The fourth-order valence-electron chi connectivity index (χ4n) is 1.66. The summed E-state index contributed by atoms with van der Waals surface area (Å²) < 4.78 is 1.12. The molecular formula is C10H14BrN3. The second-order valence-corrected chi connectivity index (χ2v) is 4.39. The predicted octanol–water partition coefficient (Wildman–Crippen LogP) is 1.53. The molecule has 3 nitrogen and oxygen atoms in total.